The van der Waals surface area contributed by atoms with Crippen molar-refractivity contribution in [3.8, 4) is 5.75 Å². The van der Waals surface area contributed by atoms with Crippen LogP contribution in [-0.2, 0) is 6.54 Å². The van der Waals surface area contributed by atoms with Gasteiger partial charge in [-0.15, -0.1) is 19.8 Å². The Bertz CT molecular complexity index is 1220. The van der Waals surface area contributed by atoms with Gasteiger partial charge in [0.1, 0.15) is 5.75 Å². The fraction of sp³-hybridized carbons (Fsp3) is 0.105. The molecular weight excluding hydrogens is 407 g/mol. The SMILES string of the molecule is C=CCn1c(=S)[nH]c2cc(C(=O)Nc3cccc(OC(F)(F)F)c3)ccc2c1=O. The van der Waals surface area contributed by atoms with Crippen molar-refractivity contribution in [3.63, 3.8) is 0 Å². The Balaban J connectivity index is 1.89. The molecule has 6 nitrogen and oxygen atoms in total. The molecule has 1 aromatic heterocycles. The first kappa shape index (κ1) is 20.3. The summed E-state index contributed by atoms with van der Waals surface area (Å²) in [5, 5.41) is 2.82. The Kier molecular flexibility index (Phi) is 5.55. The molecule has 0 atom stereocenters. The lowest BCUT2D eigenvalue weighted by Gasteiger charge is -2.11. The van der Waals surface area contributed by atoms with Gasteiger partial charge in [0.2, 0.25) is 0 Å². The Morgan fingerprint density at radius 2 is 2.03 bits per heavy atom. The third-order valence-corrected chi connectivity index (χ3v) is 4.20. The lowest BCUT2D eigenvalue weighted by atomic mass is 10.1. The zero-order valence-electron chi connectivity index (χ0n) is 14.7. The molecule has 3 aromatic rings. The number of ether oxygens (including phenoxy) is 1. The number of aromatic nitrogens is 2. The van der Waals surface area contributed by atoms with Crippen LogP contribution < -0.4 is 15.6 Å². The number of allylic oxidation sites excluding steroid dienone is 1. The highest BCUT2D eigenvalue weighted by atomic mass is 32.1. The predicted octanol–water partition coefficient (Wildman–Crippen LogP) is 4.40. The fourth-order valence-electron chi connectivity index (χ4n) is 2.66. The van der Waals surface area contributed by atoms with Crippen LogP contribution in [0.1, 0.15) is 10.4 Å². The van der Waals surface area contributed by atoms with Gasteiger partial charge in [-0.3, -0.25) is 14.2 Å². The van der Waals surface area contributed by atoms with Gasteiger partial charge in [-0.1, -0.05) is 12.1 Å². The van der Waals surface area contributed by atoms with Gasteiger partial charge in [0.15, 0.2) is 4.77 Å². The third kappa shape index (κ3) is 4.72. The smallest absolute Gasteiger partial charge is 0.406 e. The van der Waals surface area contributed by atoms with Gasteiger partial charge in [0.25, 0.3) is 11.5 Å². The third-order valence-electron chi connectivity index (χ3n) is 3.88. The quantitative estimate of drug-likeness (QED) is 0.473. The lowest BCUT2D eigenvalue weighted by molar-refractivity contribution is -0.274. The van der Waals surface area contributed by atoms with E-state index in [1.165, 1.54) is 41.0 Å². The van der Waals surface area contributed by atoms with E-state index in [-0.39, 0.29) is 28.1 Å². The first-order chi connectivity index (χ1) is 13.7. The van der Waals surface area contributed by atoms with Crippen molar-refractivity contribution in [2.75, 3.05) is 5.32 Å². The van der Waals surface area contributed by atoms with Crippen LogP contribution in [0.4, 0.5) is 18.9 Å². The van der Waals surface area contributed by atoms with Crippen LogP contribution in [0.25, 0.3) is 10.9 Å². The van der Waals surface area contributed by atoms with Crippen LogP contribution >= 0.6 is 12.2 Å². The summed E-state index contributed by atoms with van der Waals surface area (Å²) in [5.74, 6) is -1.04. The van der Waals surface area contributed by atoms with Crippen LogP contribution in [0.2, 0.25) is 0 Å². The van der Waals surface area contributed by atoms with E-state index in [1.54, 1.807) is 0 Å². The highest BCUT2D eigenvalue weighted by molar-refractivity contribution is 7.71. The summed E-state index contributed by atoms with van der Waals surface area (Å²) in [4.78, 5) is 27.9. The van der Waals surface area contributed by atoms with Gasteiger partial charge in [-0.25, -0.2) is 0 Å². The summed E-state index contributed by atoms with van der Waals surface area (Å²) in [6, 6.07) is 9.25. The predicted molar refractivity (Wildman–Crippen MR) is 105 cm³/mol. The van der Waals surface area contributed by atoms with Crippen LogP contribution in [0.5, 0.6) is 5.75 Å². The molecule has 0 saturated carbocycles. The fourth-order valence-corrected chi connectivity index (χ4v) is 2.93. The first-order valence-corrected chi connectivity index (χ1v) is 8.64. The van der Waals surface area contributed by atoms with Crippen molar-refractivity contribution in [2.24, 2.45) is 0 Å². The molecular formula is C19H14F3N3O3S. The second-order valence-corrected chi connectivity index (χ2v) is 6.31. The van der Waals surface area contributed by atoms with E-state index in [0.29, 0.717) is 10.9 Å². The highest BCUT2D eigenvalue weighted by Crippen LogP contribution is 2.25. The number of nitrogens with zero attached hydrogens (tertiary/aromatic N) is 1. The average Bonchev–Trinajstić information content (AvgIpc) is 2.63. The second-order valence-electron chi connectivity index (χ2n) is 5.92. The van der Waals surface area contributed by atoms with Crippen molar-refractivity contribution < 1.29 is 22.7 Å². The van der Waals surface area contributed by atoms with E-state index in [4.69, 9.17) is 12.2 Å². The standard InChI is InChI=1S/C19H14F3N3O3S/c1-2-8-25-17(27)14-7-6-11(9-15(14)24-18(25)29)16(26)23-12-4-3-5-13(10-12)28-19(20,21)22/h2-7,9-10H,1,8H2,(H,23,26)(H,24,29). The molecule has 1 amide bonds. The molecule has 10 heteroatoms. The molecule has 0 radical (unpaired) electrons. The number of halogens is 3. The van der Waals surface area contributed by atoms with E-state index >= 15 is 0 Å². The number of aromatic amines is 1. The summed E-state index contributed by atoms with van der Waals surface area (Å²) in [6.07, 6.45) is -3.30. The number of carbonyl (C=O) groups excluding carboxylic acids is 1. The Labute approximate surface area is 167 Å². The maximum atomic E-state index is 12.5. The van der Waals surface area contributed by atoms with Crippen molar-refractivity contribution in [1.29, 1.82) is 0 Å². The van der Waals surface area contributed by atoms with Gasteiger partial charge in [0, 0.05) is 23.9 Å². The van der Waals surface area contributed by atoms with Crippen LogP contribution in [0.15, 0.2) is 59.9 Å². The number of nitrogens with one attached hydrogen (secondary N) is 2. The number of hydrogen-bond donors (Lipinski definition) is 2. The largest absolute Gasteiger partial charge is 0.573 e. The molecule has 0 aliphatic heterocycles. The van der Waals surface area contributed by atoms with E-state index < -0.39 is 18.0 Å². The Morgan fingerprint density at radius 1 is 1.28 bits per heavy atom. The number of benzene rings is 2. The number of carbonyl (C=O) groups is 1. The van der Waals surface area contributed by atoms with E-state index in [1.807, 2.05) is 0 Å². The van der Waals surface area contributed by atoms with Crippen LogP contribution in [0, 0.1) is 4.77 Å². The molecule has 0 saturated heterocycles. The first-order valence-electron chi connectivity index (χ1n) is 8.23. The van der Waals surface area contributed by atoms with Crippen molar-refractivity contribution in [3.05, 3.63) is 75.8 Å². The van der Waals surface area contributed by atoms with Crippen LogP contribution in [-0.4, -0.2) is 21.8 Å². The van der Waals surface area contributed by atoms with Crippen LogP contribution in [0.3, 0.4) is 0 Å². The molecule has 0 aliphatic carbocycles. The van der Waals surface area contributed by atoms with Gasteiger partial charge in [-0.05, 0) is 42.5 Å². The molecule has 0 bridgehead atoms. The summed E-state index contributed by atoms with van der Waals surface area (Å²) >= 11 is 5.16. The normalized spacial score (nSPS) is 11.3. The molecule has 2 aromatic carbocycles. The number of fused-ring (bicyclic) bond motifs is 1. The van der Waals surface area contributed by atoms with Crippen molar-refractivity contribution in [2.45, 2.75) is 12.9 Å². The lowest BCUT2D eigenvalue weighted by Crippen LogP contribution is -2.22. The minimum Gasteiger partial charge on any atom is -0.406 e. The molecule has 0 unspecified atom stereocenters. The maximum absolute atomic E-state index is 12.5. The monoisotopic (exact) mass is 421 g/mol. The summed E-state index contributed by atoms with van der Waals surface area (Å²) in [6.45, 7) is 3.82. The number of rotatable bonds is 5. The van der Waals surface area contributed by atoms with Gasteiger partial charge in [0.05, 0.1) is 10.9 Å². The number of amides is 1. The maximum Gasteiger partial charge on any atom is 0.573 e. The Hall–Kier alpha value is -3.40. The number of alkyl halides is 3. The van der Waals surface area contributed by atoms with E-state index in [9.17, 15) is 22.8 Å². The molecule has 0 spiro atoms. The molecule has 29 heavy (non-hydrogen) atoms. The molecule has 2 N–H and O–H groups in total. The zero-order valence-corrected chi connectivity index (χ0v) is 15.6. The summed E-state index contributed by atoms with van der Waals surface area (Å²) < 4.78 is 42.4. The Morgan fingerprint density at radius 3 is 2.72 bits per heavy atom. The molecule has 0 fully saturated rings. The van der Waals surface area contributed by atoms with Gasteiger partial charge < -0.3 is 15.0 Å². The van der Waals surface area contributed by atoms with Crippen molar-refractivity contribution >= 4 is 34.7 Å². The molecule has 0 aliphatic rings. The minimum atomic E-state index is -4.84. The van der Waals surface area contributed by atoms with E-state index in [0.717, 1.165) is 12.1 Å². The minimum absolute atomic E-state index is 0.117. The van der Waals surface area contributed by atoms with E-state index in [2.05, 4.69) is 21.6 Å². The molecule has 1 heterocycles. The highest BCUT2D eigenvalue weighted by Gasteiger charge is 2.31. The second kappa shape index (κ2) is 7.92. The number of H-pyrrole nitrogens is 1. The number of anilines is 1. The topological polar surface area (TPSA) is 76.1 Å². The number of hydrogen-bond acceptors (Lipinski definition) is 4. The molecule has 150 valence electrons. The van der Waals surface area contributed by atoms with Gasteiger partial charge in [-0.2, -0.15) is 0 Å². The summed E-state index contributed by atoms with van der Waals surface area (Å²) in [5.41, 5.74) is 0.340. The zero-order chi connectivity index (χ0) is 21.2. The average molecular weight is 421 g/mol. The van der Waals surface area contributed by atoms with Gasteiger partial charge >= 0.3 is 6.36 Å². The summed E-state index contributed by atoms with van der Waals surface area (Å²) in [7, 11) is 0. The van der Waals surface area contributed by atoms with Crippen molar-refractivity contribution in [1.82, 2.24) is 9.55 Å². The molecule has 3 rings (SSSR count).